The quantitative estimate of drug-likeness (QED) is 0.556. The van der Waals surface area contributed by atoms with Gasteiger partial charge in [-0.2, -0.15) is 0 Å². The van der Waals surface area contributed by atoms with E-state index in [1.54, 1.807) is 6.07 Å². The lowest BCUT2D eigenvalue weighted by Gasteiger charge is -2.06. The van der Waals surface area contributed by atoms with Crippen molar-refractivity contribution in [3.05, 3.63) is 35.6 Å². The third-order valence-electron chi connectivity index (χ3n) is 3.30. The third kappa shape index (κ3) is 4.56. The first kappa shape index (κ1) is 18.0. The van der Waals surface area contributed by atoms with Gasteiger partial charge in [0.05, 0.1) is 13.2 Å². The van der Waals surface area contributed by atoms with Crippen LogP contribution in [-0.2, 0) is 25.6 Å². The Morgan fingerprint density at radius 1 is 1.25 bits per heavy atom. The molecule has 0 saturated heterocycles. The first-order valence-corrected chi connectivity index (χ1v) is 7.68. The number of fused-ring (bicyclic) bond motifs is 1. The molecule has 0 atom stereocenters. The van der Waals surface area contributed by atoms with Gasteiger partial charge in [-0.25, -0.2) is 4.79 Å². The normalized spacial score (nSPS) is 10.8. The van der Waals surface area contributed by atoms with Gasteiger partial charge >= 0.3 is 5.97 Å². The van der Waals surface area contributed by atoms with Crippen molar-refractivity contribution in [1.29, 1.82) is 0 Å². The molecule has 1 aromatic heterocycles. The molecule has 0 saturated carbocycles. The summed E-state index contributed by atoms with van der Waals surface area (Å²) in [5.74, 6) is -1.03. The minimum absolute atomic E-state index is 0.0642. The van der Waals surface area contributed by atoms with Crippen molar-refractivity contribution in [1.82, 2.24) is 5.32 Å². The Labute approximate surface area is 139 Å². The fraction of sp³-hybridized carbons (Fsp3) is 0.412. The van der Waals surface area contributed by atoms with Gasteiger partial charge in [0.2, 0.25) is 5.76 Å². The molecule has 2 aromatic rings. The van der Waals surface area contributed by atoms with E-state index in [1.807, 2.05) is 25.1 Å². The second-order valence-electron chi connectivity index (χ2n) is 4.96. The van der Waals surface area contributed by atoms with Crippen LogP contribution in [0.1, 0.15) is 23.0 Å². The number of ether oxygens (including phenoxy) is 3. The summed E-state index contributed by atoms with van der Waals surface area (Å²) in [6.45, 7) is 2.97. The van der Waals surface area contributed by atoms with Crippen molar-refractivity contribution in [3.8, 4) is 0 Å². The predicted octanol–water partition coefficient (Wildman–Crippen LogP) is 1.89. The Morgan fingerprint density at radius 2 is 2.04 bits per heavy atom. The Balaban J connectivity index is 2.06. The van der Waals surface area contributed by atoms with Gasteiger partial charge in [0.25, 0.3) is 5.91 Å². The zero-order valence-corrected chi connectivity index (χ0v) is 13.8. The van der Waals surface area contributed by atoms with E-state index in [-0.39, 0.29) is 19.0 Å². The Hall–Kier alpha value is -2.38. The lowest BCUT2D eigenvalue weighted by molar-refractivity contribution is -0.124. The molecule has 2 rings (SSSR count). The molecular weight excluding hydrogens is 314 g/mol. The molecule has 0 spiro atoms. The average Bonchev–Trinajstić information content (AvgIpc) is 2.96. The molecule has 0 aliphatic rings. The van der Waals surface area contributed by atoms with Crippen LogP contribution in [0.2, 0.25) is 0 Å². The summed E-state index contributed by atoms with van der Waals surface area (Å²) >= 11 is 0. The van der Waals surface area contributed by atoms with Crippen molar-refractivity contribution in [2.45, 2.75) is 13.5 Å². The first-order valence-electron chi connectivity index (χ1n) is 7.68. The van der Waals surface area contributed by atoms with Crippen molar-refractivity contribution in [2.75, 3.05) is 33.5 Å². The van der Waals surface area contributed by atoms with Crippen LogP contribution in [0.4, 0.5) is 0 Å². The molecule has 0 unspecified atom stereocenters. The SMILES string of the molecule is CCOCc1c(C(=O)OCC(=O)NCCOC)oc2ccccc12. The molecule has 0 bridgehead atoms. The van der Waals surface area contributed by atoms with Crippen LogP contribution in [0.3, 0.4) is 0 Å². The molecule has 1 aromatic carbocycles. The number of esters is 1. The van der Waals surface area contributed by atoms with Crippen LogP contribution in [-0.4, -0.2) is 45.4 Å². The average molecular weight is 335 g/mol. The number of carbonyl (C=O) groups is 2. The van der Waals surface area contributed by atoms with Crippen molar-refractivity contribution in [2.24, 2.45) is 0 Å². The van der Waals surface area contributed by atoms with E-state index in [0.717, 1.165) is 5.39 Å². The van der Waals surface area contributed by atoms with Crippen molar-refractivity contribution < 1.29 is 28.2 Å². The molecule has 7 heteroatoms. The van der Waals surface area contributed by atoms with Crippen LogP contribution in [0.15, 0.2) is 28.7 Å². The summed E-state index contributed by atoms with van der Waals surface area (Å²) in [5, 5.41) is 3.36. The lowest BCUT2D eigenvalue weighted by atomic mass is 10.1. The number of hydrogen-bond donors (Lipinski definition) is 1. The molecule has 0 aliphatic carbocycles. The summed E-state index contributed by atoms with van der Waals surface area (Å²) in [5.41, 5.74) is 1.20. The van der Waals surface area contributed by atoms with Gasteiger partial charge in [-0.05, 0) is 13.0 Å². The Bertz CT molecular complexity index is 693. The van der Waals surface area contributed by atoms with E-state index < -0.39 is 11.9 Å². The number of methoxy groups -OCH3 is 1. The molecule has 1 amide bonds. The van der Waals surface area contributed by atoms with E-state index in [4.69, 9.17) is 18.6 Å². The number of hydrogen-bond acceptors (Lipinski definition) is 6. The predicted molar refractivity (Wildman–Crippen MR) is 86.7 cm³/mol. The van der Waals surface area contributed by atoms with Gasteiger partial charge in [0, 0.05) is 31.2 Å². The molecule has 1 N–H and O–H groups in total. The van der Waals surface area contributed by atoms with Gasteiger partial charge in [-0.3, -0.25) is 4.79 Å². The maximum Gasteiger partial charge on any atom is 0.375 e. The topological polar surface area (TPSA) is 87.0 Å². The number of furan rings is 1. The first-order chi connectivity index (χ1) is 11.7. The van der Waals surface area contributed by atoms with Crippen LogP contribution >= 0.6 is 0 Å². The third-order valence-corrected chi connectivity index (χ3v) is 3.30. The van der Waals surface area contributed by atoms with Gasteiger partial charge in [0.15, 0.2) is 6.61 Å². The van der Waals surface area contributed by atoms with E-state index in [9.17, 15) is 9.59 Å². The molecule has 24 heavy (non-hydrogen) atoms. The molecule has 7 nitrogen and oxygen atoms in total. The largest absolute Gasteiger partial charge is 0.450 e. The maximum atomic E-state index is 12.3. The summed E-state index contributed by atoms with van der Waals surface area (Å²) in [7, 11) is 1.54. The number of amides is 1. The Kier molecular flexibility index (Phi) is 6.77. The van der Waals surface area contributed by atoms with Crippen LogP contribution in [0.25, 0.3) is 11.0 Å². The second kappa shape index (κ2) is 9.05. The maximum absolute atomic E-state index is 12.3. The van der Waals surface area contributed by atoms with Crippen molar-refractivity contribution >= 4 is 22.8 Å². The highest BCUT2D eigenvalue weighted by Gasteiger charge is 2.22. The number of nitrogens with one attached hydrogen (secondary N) is 1. The summed E-state index contributed by atoms with van der Waals surface area (Å²) in [4.78, 5) is 23.8. The standard InChI is InChI=1S/C17H21NO6/c1-3-22-10-13-12-6-4-5-7-14(12)24-16(13)17(20)23-11-15(19)18-8-9-21-2/h4-7H,3,8-11H2,1-2H3,(H,18,19). The van der Waals surface area contributed by atoms with Crippen molar-refractivity contribution in [3.63, 3.8) is 0 Å². The number of carbonyl (C=O) groups excluding carboxylic acids is 2. The van der Waals surface area contributed by atoms with Crippen LogP contribution in [0.5, 0.6) is 0 Å². The van der Waals surface area contributed by atoms with Crippen LogP contribution in [0, 0.1) is 0 Å². The molecule has 0 radical (unpaired) electrons. The zero-order valence-electron chi connectivity index (χ0n) is 13.8. The molecule has 0 fully saturated rings. The molecule has 130 valence electrons. The highest BCUT2D eigenvalue weighted by Crippen LogP contribution is 2.27. The lowest BCUT2D eigenvalue weighted by Crippen LogP contribution is -2.31. The minimum atomic E-state index is -0.692. The van der Waals surface area contributed by atoms with Gasteiger partial charge < -0.3 is 23.9 Å². The van der Waals surface area contributed by atoms with Crippen LogP contribution < -0.4 is 5.32 Å². The number of benzene rings is 1. The fourth-order valence-corrected chi connectivity index (χ4v) is 2.15. The van der Waals surface area contributed by atoms with E-state index in [1.165, 1.54) is 7.11 Å². The summed E-state index contributed by atoms with van der Waals surface area (Å²) in [6, 6.07) is 7.28. The summed E-state index contributed by atoms with van der Waals surface area (Å²) < 4.78 is 20.8. The van der Waals surface area contributed by atoms with Gasteiger partial charge in [-0.15, -0.1) is 0 Å². The van der Waals surface area contributed by atoms with Gasteiger partial charge in [0.1, 0.15) is 5.58 Å². The smallest absolute Gasteiger partial charge is 0.375 e. The van der Waals surface area contributed by atoms with E-state index >= 15 is 0 Å². The van der Waals surface area contributed by atoms with E-state index in [2.05, 4.69) is 5.32 Å². The zero-order chi connectivity index (χ0) is 17.4. The number of rotatable bonds is 9. The monoisotopic (exact) mass is 335 g/mol. The highest BCUT2D eigenvalue weighted by atomic mass is 16.5. The summed E-state index contributed by atoms with van der Waals surface area (Å²) in [6.07, 6.45) is 0. The molecular formula is C17H21NO6. The number of para-hydroxylation sites is 1. The van der Waals surface area contributed by atoms with Gasteiger partial charge in [-0.1, -0.05) is 18.2 Å². The Morgan fingerprint density at radius 3 is 2.79 bits per heavy atom. The second-order valence-corrected chi connectivity index (χ2v) is 4.96. The molecule has 0 aliphatic heterocycles. The fourth-order valence-electron chi connectivity index (χ4n) is 2.15. The molecule has 1 heterocycles. The highest BCUT2D eigenvalue weighted by molar-refractivity contribution is 5.96. The minimum Gasteiger partial charge on any atom is -0.450 e. The van der Waals surface area contributed by atoms with E-state index in [0.29, 0.717) is 30.9 Å².